The van der Waals surface area contributed by atoms with Crippen LogP contribution in [-0.2, 0) is 4.79 Å². The average molecular weight is 291 g/mol. The van der Waals surface area contributed by atoms with Crippen molar-refractivity contribution < 1.29 is 14.6 Å². The molecule has 4 heteroatoms. The second-order valence-corrected chi connectivity index (χ2v) is 5.78. The molecular formula is C17H25NO3. The largest absolute Gasteiger partial charge is 0.492 e. The van der Waals surface area contributed by atoms with E-state index >= 15 is 0 Å². The molecule has 0 amide bonds. The molecule has 21 heavy (non-hydrogen) atoms. The Balaban J connectivity index is 1.81. The number of carboxylic acids is 1. The molecule has 0 radical (unpaired) electrons. The van der Waals surface area contributed by atoms with Crippen LogP contribution in [0.15, 0.2) is 24.3 Å². The minimum Gasteiger partial charge on any atom is -0.492 e. The molecule has 1 aliphatic rings. The molecule has 1 N–H and O–H groups in total. The van der Waals surface area contributed by atoms with Gasteiger partial charge in [0.25, 0.3) is 0 Å². The van der Waals surface area contributed by atoms with Crippen molar-refractivity contribution in [1.82, 2.24) is 4.90 Å². The van der Waals surface area contributed by atoms with Gasteiger partial charge in [0, 0.05) is 19.1 Å². The lowest BCUT2D eigenvalue weighted by atomic mass is 10.2. The van der Waals surface area contributed by atoms with E-state index in [2.05, 4.69) is 4.90 Å². The van der Waals surface area contributed by atoms with Crippen LogP contribution in [0, 0.1) is 6.92 Å². The van der Waals surface area contributed by atoms with Gasteiger partial charge >= 0.3 is 5.97 Å². The van der Waals surface area contributed by atoms with Gasteiger partial charge in [0.2, 0.25) is 0 Å². The van der Waals surface area contributed by atoms with Crippen molar-refractivity contribution in [2.24, 2.45) is 0 Å². The zero-order valence-corrected chi connectivity index (χ0v) is 12.8. The van der Waals surface area contributed by atoms with Crippen LogP contribution in [-0.4, -0.2) is 41.7 Å². The van der Waals surface area contributed by atoms with E-state index in [1.54, 1.807) is 0 Å². The van der Waals surface area contributed by atoms with Crippen LogP contribution in [0.3, 0.4) is 0 Å². The number of aliphatic carboxylic acids is 1. The maximum Gasteiger partial charge on any atom is 0.304 e. The van der Waals surface area contributed by atoms with Gasteiger partial charge in [0.15, 0.2) is 0 Å². The van der Waals surface area contributed by atoms with Gasteiger partial charge in [-0.3, -0.25) is 9.69 Å². The third kappa shape index (κ3) is 5.38. The van der Waals surface area contributed by atoms with E-state index in [0.29, 0.717) is 19.2 Å². The monoisotopic (exact) mass is 291 g/mol. The van der Waals surface area contributed by atoms with Gasteiger partial charge in [0.1, 0.15) is 12.4 Å². The number of nitrogens with zero attached hydrogens (tertiary/aromatic N) is 1. The minimum atomic E-state index is -0.724. The second-order valence-electron chi connectivity index (χ2n) is 5.78. The van der Waals surface area contributed by atoms with Crippen LogP contribution < -0.4 is 4.74 Å². The van der Waals surface area contributed by atoms with Crippen LogP contribution >= 0.6 is 0 Å². The molecule has 0 aromatic heterocycles. The van der Waals surface area contributed by atoms with Gasteiger partial charge in [-0.1, -0.05) is 25.0 Å². The molecule has 1 aromatic rings. The van der Waals surface area contributed by atoms with Gasteiger partial charge < -0.3 is 9.84 Å². The third-order valence-corrected chi connectivity index (χ3v) is 4.09. The van der Waals surface area contributed by atoms with E-state index in [1.807, 2.05) is 31.2 Å². The average Bonchev–Trinajstić information content (AvgIpc) is 2.96. The first-order valence-corrected chi connectivity index (χ1v) is 7.80. The lowest BCUT2D eigenvalue weighted by Gasteiger charge is -2.28. The Kier molecular flexibility index (Phi) is 6.05. The van der Waals surface area contributed by atoms with Crippen LogP contribution in [0.1, 0.15) is 37.7 Å². The normalized spacial score (nSPS) is 15.5. The molecule has 1 saturated carbocycles. The molecule has 0 atom stereocenters. The van der Waals surface area contributed by atoms with Crippen molar-refractivity contribution in [2.45, 2.75) is 45.1 Å². The highest BCUT2D eigenvalue weighted by atomic mass is 16.5. The summed E-state index contributed by atoms with van der Waals surface area (Å²) in [4.78, 5) is 13.1. The maximum absolute atomic E-state index is 10.8. The van der Waals surface area contributed by atoms with E-state index in [-0.39, 0.29) is 6.42 Å². The highest BCUT2D eigenvalue weighted by Crippen LogP contribution is 2.23. The summed E-state index contributed by atoms with van der Waals surface area (Å²) in [5.74, 6) is 0.164. The predicted molar refractivity (Wildman–Crippen MR) is 82.8 cm³/mol. The SMILES string of the molecule is Cc1cccc(OCCN(CCC(=O)O)C2CCCC2)c1. The van der Waals surface area contributed by atoms with Crippen LogP contribution in [0.25, 0.3) is 0 Å². The van der Waals surface area contributed by atoms with E-state index in [0.717, 1.165) is 12.3 Å². The Hall–Kier alpha value is -1.55. The molecule has 0 unspecified atom stereocenters. The van der Waals surface area contributed by atoms with E-state index in [4.69, 9.17) is 9.84 Å². The van der Waals surface area contributed by atoms with Gasteiger partial charge in [-0.25, -0.2) is 0 Å². The summed E-state index contributed by atoms with van der Waals surface area (Å²) in [7, 11) is 0. The van der Waals surface area contributed by atoms with E-state index in [1.165, 1.54) is 31.2 Å². The lowest BCUT2D eigenvalue weighted by Crippen LogP contribution is -2.38. The standard InChI is InChI=1S/C17H25NO3/c1-14-5-4-8-16(13-14)21-12-11-18(10-9-17(19)20)15-6-2-3-7-15/h4-5,8,13,15H,2-3,6-7,9-12H2,1H3,(H,19,20). The number of rotatable bonds is 8. The summed E-state index contributed by atoms with van der Waals surface area (Å²) in [5, 5.41) is 8.88. The Morgan fingerprint density at radius 2 is 2.10 bits per heavy atom. The van der Waals surface area contributed by atoms with Crippen molar-refractivity contribution in [3.05, 3.63) is 29.8 Å². The molecule has 0 aliphatic heterocycles. The van der Waals surface area contributed by atoms with Crippen molar-refractivity contribution in [3.63, 3.8) is 0 Å². The second kappa shape index (κ2) is 8.03. The summed E-state index contributed by atoms with van der Waals surface area (Å²) in [6.45, 7) is 4.08. The number of hydrogen-bond acceptors (Lipinski definition) is 3. The molecule has 1 fully saturated rings. The zero-order valence-electron chi connectivity index (χ0n) is 12.8. The summed E-state index contributed by atoms with van der Waals surface area (Å²) in [5.41, 5.74) is 1.19. The van der Waals surface area contributed by atoms with E-state index < -0.39 is 5.97 Å². The minimum absolute atomic E-state index is 0.209. The van der Waals surface area contributed by atoms with Crippen molar-refractivity contribution in [2.75, 3.05) is 19.7 Å². The summed E-state index contributed by atoms with van der Waals surface area (Å²) in [6.07, 6.45) is 5.09. The Labute approximate surface area is 126 Å². The molecule has 0 spiro atoms. The lowest BCUT2D eigenvalue weighted by molar-refractivity contribution is -0.137. The number of aryl methyl sites for hydroxylation is 1. The van der Waals surface area contributed by atoms with E-state index in [9.17, 15) is 4.79 Å². The summed E-state index contributed by atoms with van der Waals surface area (Å²) < 4.78 is 5.79. The predicted octanol–water partition coefficient (Wildman–Crippen LogP) is 3.09. The Morgan fingerprint density at radius 1 is 1.33 bits per heavy atom. The van der Waals surface area contributed by atoms with Gasteiger partial charge in [-0.15, -0.1) is 0 Å². The topological polar surface area (TPSA) is 49.8 Å². The first kappa shape index (κ1) is 15.8. The summed E-state index contributed by atoms with van der Waals surface area (Å²) >= 11 is 0. The quantitative estimate of drug-likeness (QED) is 0.799. The van der Waals surface area contributed by atoms with Crippen LogP contribution in [0.5, 0.6) is 5.75 Å². The van der Waals surface area contributed by atoms with Gasteiger partial charge in [0.05, 0.1) is 6.42 Å². The number of benzene rings is 1. The smallest absolute Gasteiger partial charge is 0.304 e. The maximum atomic E-state index is 10.8. The first-order chi connectivity index (χ1) is 10.1. The molecule has 0 bridgehead atoms. The molecule has 0 saturated heterocycles. The number of ether oxygens (including phenoxy) is 1. The molecule has 1 aliphatic carbocycles. The molecule has 1 aromatic carbocycles. The van der Waals surface area contributed by atoms with Crippen molar-refractivity contribution >= 4 is 5.97 Å². The number of hydrogen-bond donors (Lipinski definition) is 1. The number of carbonyl (C=O) groups is 1. The Morgan fingerprint density at radius 3 is 2.76 bits per heavy atom. The van der Waals surface area contributed by atoms with Gasteiger partial charge in [-0.05, 0) is 37.5 Å². The van der Waals surface area contributed by atoms with Gasteiger partial charge in [-0.2, -0.15) is 0 Å². The fourth-order valence-corrected chi connectivity index (χ4v) is 2.97. The summed E-state index contributed by atoms with van der Waals surface area (Å²) in [6, 6.07) is 8.56. The van der Waals surface area contributed by atoms with Crippen LogP contribution in [0.4, 0.5) is 0 Å². The van der Waals surface area contributed by atoms with Crippen molar-refractivity contribution in [3.8, 4) is 5.75 Å². The molecule has 4 nitrogen and oxygen atoms in total. The number of carboxylic acid groups (broad SMARTS) is 1. The van der Waals surface area contributed by atoms with Crippen LogP contribution in [0.2, 0.25) is 0 Å². The zero-order chi connectivity index (χ0) is 15.1. The fourth-order valence-electron chi connectivity index (χ4n) is 2.97. The molecule has 116 valence electrons. The third-order valence-electron chi connectivity index (χ3n) is 4.09. The molecule has 2 rings (SSSR count). The van der Waals surface area contributed by atoms with Crippen molar-refractivity contribution in [1.29, 1.82) is 0 Å². The highest BCUT2D eigenvalue weighted by molar-refractivity contribution is 5.66. The first-order valence-electron chi connectivity index (χ1n) is 7.80. The highest BCUT2D eigenvalue weighted by Gasteiger charge is 2.22. The molecule has 0 heterocycles. The molecular weight excluding hydrogens is 266 g/mol. The fraction of sp³-hybridized carbons (Fsp3) is 0.588. The Bertz CT molecular complexity index is 455.